The van der Waals surface area contributed by atoms with Gasteiger partial charge in [0.2, 0.25) is 0 Å². The third-order valence-electron chi connectivity index (χ3n) is 0.482. The Bertz CT molecular complexity index is 125. The molecule has 0 aromatic carbocycles. The highest BCUT2D eigenvalue weighted by molar-refractivity contribution is 7.32. The van der Waals surface area contributed by atoms with E-state index >= 15 is 0 Å². The molecule has 2 N–H and O–H groups in total. The molecule has 5 nitrogen and oxygen atoms in total. The Balaban J connectivity index is 3.39. The van der Waals surface area contributed by atoms with Gasteiger partial charge in [0.25, 0.3) is 0 Å². The summed E-state index contributed by atoms with van der Waals surface area (Å²) in [5.74, 6) is 0. The second-order valence-electron chi connectivity index (χ2n) is 1.15. The van der Waals surface area contributed by atoms with E-state index in [1.807, 2.05) is 0 Å². The van der Waals surface area contributed by atoms with Crippen molar-refractivity contribution in [3.8, 4) is 0 Å². The zero-order valence-corrected chi connectivity index (χ0v) is 5.72. The lowest BCUT2D eigenvalue weighted by Crippen LogP contribution is -2.21. The lowest BCUT2D eigenvalue weighted by Gasteiger charge is -1.89. The minimum absolute atomic E-state index is 0.377. The van der Waals surface area contributed by atoms with Crippen LogP contribution in [0.15, 0.2) is 0 Å². The highest BCUT2D eigenvalue weighted by atomic mass is 31.1. The van der Waals surface area contributed by atoms with Crippen LogP contribution in [-0.2, 0) is 9.09 Å². The molecule has 1 amide bonds. The molecule has 1 unspecified atom stereocenters. The van der Waals surface area contributed by atoms with Gasteiger partial charge in [0.05, 0.1) is 0 Å². The third kappa shape index (κ3) is 5.20. The van der Waals surface area contributed by atoms with Gasteiger partial charge in [-0.05, 0) is 6.92 Å². The van der Waals surface area contributed by atoms with Crippen LogP contribution in [0.2, 0.25) is 0 Å². The topological polar surface area (TPSA) is 75.6 Å². The molecule has 0 bridgehead atoms. The monoisotopic (exact) mass is 152 g/mol. The fourth-order valence-corrected chi connectivity index (χ4v) is 0.454. The number of amides is 1. The van der Waals surface area contributed by atoms with Gasteiger partial charge in [-0.25, -0.2) is 4.79 Å². The molecule has 0 saturated carbocycles. The van der Waals surface area contributed by atoms with Crippen LogP contribution in [0.3, 0.4) is 0 Å². The number of nitrogens with one attached hydrogen (secondary N) is 1. The molecular formula is C3H7NO4P+. The van der Waals surface area contributed by atoms with Crippen molar-refractivity contribution < 1.29 is 18.8 Å². The Morgan fingerprint density at radius 1 is 1.89 bits per heavy atom. The first-order valence-corrected chi connectivity index (χ1v) is 3.41. The van der Waals surface area contributed by atoms with Gasteiger partial charge in [-0.1, -0.05) is 0 Å². The van der Waals surface area contributed by atoms with Crippen molar-refractivity contribution in [2.45, 2.75) is 6.92 Å². The van der Waals surface area contributed by atoms with Crippen molar-refractivity contribution in [2.75, 3.05) is 6.54 Å². The molecule has 0 aromatic heterocycles. The molecule has 0 heterocycles. The first kappa shape index (κ1) is 8.33. The fourth-order valence-electron chi connectivity index (χ4n) is 0.248. The standard InChI is InChI=1S/C3H6NO4P/c1-2-4-3(5)8-9(6)7/h2H2,1H3,(H-,4,5,6,7)/p+1. The summed E-state index contributed by atoms with van der Waals surface area (Å²) in [7, 11) is -2.81. The van der Waals surface area contributed by atoms with Crippen LogP contribution >= 0.6 is 8.25 Å². The molecule has 0 saturated heterocycles. The van der Waals surface area contributed by atoms with Gasteiger partial charge >= 0.3 is 14.3 Å². The van der Waals surface area contributed by atoms with Crippen LogP contribution < -0.4 is 5.32 Å². The summed E-state index contributed by atoms with van der Waals surface area (Å²) in [5, 5.41) is 2.17. The molecule has 1 atom stereocenters. The summed E-state index contributed by atoms with van der Waals surface area (Å²) < 4.78 is 13.6. The molecule has 52 valence electrons. The normalized spacial score (nSPS) is 10.2. The fraction of sp³-hybridized carbons (Fsp3) is 0.667. The van der Waals surface area contributed by atoms with E-state index < -0.39 is 14.3 Å². The molecule has 0 fully saturated rings. The van der Waals surface area contributed by atoms with Crippen LogP contribution in [0.25, 0.3) is 0 Å². The van der Waals surface area contributed by atoms with Crippen molar-refractivity contribution in [1.82, 2.24) is 5.32 Å². The van der Waals surface area contributed by atoms with Gasteiger partial charge in [0.15, 0.2) is 0 Å². The van der Waals surface area contributed by atoms with Gasteiger partial charge in [0, 0.05) is 11.1 Å². The molecule has 0 spiro atoms. The van der Waals surface area contributed by atoms with E-state index in [0.717, 1.165) is 0 Å². The average Bonchev–Trinajstić information content (AvgIpc) is 1.63. The van der Waals surface area contributed by atoms with Crippen molar-refractivity contribution >= 4 is 14.3 Å². The van der Waals surface area contributed by atoms with E-state index in [2.05, 4.69) is 9.84 Å². The maximum absolute atomic E-state index is 10.2. The summed E-state index contributed by atoms with van der Waals surface area (Å²) in [5.41, 5.74) is 0. The van der Waals surface area contributed by atoms with Crippen LogP contribution in [0.5, 0.6) is 0 Å². The highest BCUT2D eigenvalue weighted by Crippen LogP contribution is 2.13. The van der Waals surface area contributed by atoms with E-state index in [4.69, 9.17) is 4.89 Å². The van der Waals surface area contributed by atoms with E-state index in [9.17, 15) is 9.36 Å². The summed E-state index contributed by atoms with van der Waals surface area (Å²) in [4.78, 5) is 18.2. The van der Waals surface area contributed by atoms with E-state index in [-0.39, 0.29) is 0 Å². The summed E-state index contributed by atoms with van der Waals surface area (Å²) in [6.07, 6.45) is -0.874. The summed E-state index contributed by atoms with van der Waals surface area (Å²) in [6.45, 7) is 2.05. The zero-order chi connectivity index (χ0) is 7.28. The highest BCUT2D eigenvalue weighted by Gasteiger charge is 2.18. The first-order valence-electron chi connectivity index (χ1n) is 2.28. The van der Waals surface area contributed by atoms with Gasteiger partial charge < -0.3 is 5.32 Å². The number of hydrogen-bond donors (Lipinski definition) is 2. The second-order valence-corrected chi connectivity index (χ2v) is 1.81. The Labute approximate surface area is 53.0 Å². The van der Waals surface area contributed by atoms with Gasteiger partial charge in [-0.2, -0.15) is 4.52 Å². The third-order valence-corrected chi connectivity index (χ3v) is 0.804. The van der Waals surface area contributed by atoms with E-state index in [0.29, 0.717) is 6.54 Å². The van der Waals surface area contributed by atoms with Gasteiger partial charge in [0.1, 0.15) is 0 Å². The Kier molecular flexibility index (Phi) is 3.92. The minimum Gasteiger partial charge on any atom is -0.318 e. The van der Waals surface area contributed by atoms with E-state index in [1.165, 1.54) is 0 Å². The molecular weight excluding hydrogens is 145 g/mol. The van der Waals surface area contributed by atoms with Crippen molar-refractivity contribution in [3.63, 3.8) is 0 Å². The molecule has 9 heavy (non-hydrogen) atoms. The molecule has 0 rings (SSSR count). The molecule has 6 heteroatoms. The van der Waals surface area contributed by atoms with Crippen LogP contribution in [0.1, 0.15) is 6.92 Å². The van der Waals surface area contributed by atoms with Crippen molar-refractivity contribution in [1.29, 1.82) is 0 Å². The zero-order valence-electron chi connectivity index (χ0n) is 4.83. The SMILES string of the molecule is CCNC(=O)O[P+](=O)O. The van der Waals surface area contributed by atoms with Gasteiger partial charge in [-0.3, -0.25) is 0 Å². The Morgan fingerprint density at radius 2 is 2.44 bits per heavy atom. The predicted molar refractivity (Wildman–Crippen MR) is 30.0 cm³/mol. The maximum Gasteiger partial charge on any atom is 0.752 e. The number of rotatable bonds is 2. The van der Waals surface area contributed by atoms with Crippen LogP contribution in [0.4, 0.5) is 4.79 Å². The molecule has 0 aliphatic rings. The summed E-state index contributed by atoms with van der Waals surface area (Å²) >= 11 is 0. The minimum atomic E-state index is -2.81. The van der Waals surface area contributed by atoms with E-state index in [1.54, 1.807) is 6.92 Å². The summed E-state index contributed by atoms with van der Waals surface area (Å²) in [6, 6.07) is 0. The Hall–Kier alpha value is -0.670. The lowest BCUT2D eigenvalue weighted by molar-refractivity contribution is 0.198. The first-order chi connectivity index (χ1) is 4.16. The predicted octanol–water partition coefficient (Wildman–Crippen LogP) is 0.382. The number of carbonyl (C=O) groups is 1. The second kappa shape index (κ2) is 4.23. The quantitative estimate of drug-likeness (QED) is 0.561. The largest absolute Gasteiger partial charge is 0.752 e. The van der Waals surface area contributed by atoms with Crippen LogP contribution in [0, 0.1) is 0 Å². The lowest BCUT2D eigenvalue weighted by atomic mass is 10.8. The number of hydrogen-bond acceptors (Lipinski definition) is 3. The Morgan fingerprint density at radius 3 is 2.78 bits per heavy atom. The van der Waals surface area contributed by atoms with Crippen molar-refractivity contribution in [3.05, 3.63) is 0 Å². The van der Waals surface area contributed by atoms with Crippen molar-refractivity contribution in [2.24, 2.45) is 0 Å². The molecule has 0 radical (unpaired) electrons. The molecule has 0 aromatic rings. The van der Waals surface area contributed by atoms with Crippen LogP contribution in [-0.4, -0.2) is 17.5 Å². The number of carbonyl (C=O) groups excluding carboxylic acids is 1. The maximum atomic E-state index is 10.2. The smallest absolute Gasteiger partial charge is 0.318 e. The van der Waals surface area contributed by atoms with Gasteiger partial charge in [-0.15, -0.1) is 4.89 Å². The molecule has 0 aliphatic carbocycles. The average molecular weight is 152 g/mol. The molecule has 0 aliphatic heterocycles.